The van der Waals surface area contributed by atoms with Gasteiger partial charge in [0.15, 0.2) is 0 Å². The Balaban J connectivity index is 2.92. The molecule has 1 atom stereocenters. The molecular weight excluding hydrogens is 688 g/mol. The molecule has 16 nitrogen and oxygen atoms in total. The van der Waals surface area contributed by atoms with E-state index in [0.717, 1.165) is 5.56 Å². The van der Waals surface area contributed by atoms with E-state index in [-0.39, 0.29) is 45.7 Å². The van der Waals surface area contributed by atoms with Crippen LogP contribution >= 0.6 is 0 Å². The molecule has 0 saturated heterocycles. The molecule has 6 amide bonds. The highest BCUT2D eigenvalue weighted by molar-refractivity contribution is 5.89. The molecule has 0 heterocycles. The zero-order chi connectivity index (χ0) is 40.6. The number of hydrogen-bond acceptors (Lipinski definition) is 10. The Labute approximate surface area is 314 Å². The van der Waals surface area contributed by atoms with Crippen LogP contribution in [0.4, 0.5) is 19.2 Å². The summed E-state index contributed by atoms with van der Waals surface area (Å²) >= 11 is 0. The van der Waals surface area contributed by atoms with Crippen LogP contribution in [-0.2, 0) is 35.0 Å². The quantitative estimate of drug-likeness (QED) is 0.187. The zero-order valence-electron chi connectivity index (χ0n) is 33.6. The molecule has 0 saturated carbocycles. The Morgan fingerprint density at radius 2 is 1.00 bits per heavy atom. The van der Waals surface area contributed by atoms with Gasteiger partial charge in [-0.15, -0.1) is 0 Å². The maximum absolute atomic E-state index is 13.2. The van der Waals surface area contributed by atoms with E-state index in [4.69, 9.17) is 18.9 Å². The number of nitrogens with zero attached hydrogens (tertiary/aromatic N) is 2. The van der Waals surface area contributed by atoms with Crippen molar-refractivity contribution in [2.24, 2.45) is 0 Å². The third kappa shape index (κ3) is 22.7. The zero-order valence-corrected chi connectivity index (χ0v) is 33.6. The van der Waals surface area contributed by atoms with Crippen molar-refractivity contribution < 1.29 is 47.7 Å². The third-order valence-corrected chi connectivity index (χ3v) is 6.41. The second-order valence-electron chi connectivity index (χ2n) is 16.3. The van der Waals surface area contributed by atoms with Crippen LogP contribution in [0.15, 0.2) is 30.3 Å². The molecule has 300 valence electrons. The van der Waals surface area contributed by atoms with Gasteiger partial charge in [-0.05, 0) is 88.6 Å². The lowest BCUT2D eigenvalue weighted by Gasteiger charge is -2.31. The predicted octanol–water partition coefficient (Wildman–Crippen LogP) is 4.35. The van der Waals surface area contributed by atoms with Gasteiger partial charge in [0, 0.05) is 45.7 Å². The van der Waals surface area contributed by atoms with E-state index >= 15 is 0 Å². The summed E-state index contributed by atoms with van der Waals surface area (Å²) in [5.74, 6) is -1.13. The average Bonchev–Trinajstić information content (AvgIpc) is 2.97. The summed E-state index contributed by atoms with van der Waals surface area (Å²) in [7, 11) is 0. The van der Waals surface area contributed by atoms with Gasteiger partial charge in [-0.25, -0.2) is 19.2 Å². The summed E-state index contributed by atoms with van der Waals surface area (Å²) in [6.07, 6.45) is -2.58. The summed E-state index contributed by atoms with van der Waals surface area (Å²) in [5.41, 5.74) is -2.31. The largest absolute Gasteiger partial charge is 0.444 e. The van der Waals surface area contributed by atoms with Crippen molar-refractivity contribution in [1.82, 2.24) is 31.1 Å². The van der Waals surface area contributed by atoms with Crippen LogP contribution in [0.25, 0.3) is 0 Å². The highest BCUT2D eigenvalue weighted by atomic mass is 16.6. The van der Waals surface area contributed by atoms with Gasteiger partial charge in [0.25, 0.3) is 0 Å². The predicted molar refractivity (Wildman–Crippen MR) is 199 cm³/mol. The molecule has 0 aliphatic rings. The number of nitrogens with one attached hydrogen (secondary N) is 4. The Kier molecular flexibility index (Phi) is 17.9. The molecule has 16 heteroatoms. The van der Waals surface area contributed by atoms with Crippen LogP contribution < -0.4 is 21.3 Å². The first-order valence-corrected chi connectivity index (χ1v) is 17.7. The van der Waals surface area contributed by atoms with E-state index in [2.05, 4.69) is 21.3 Å². The molecule has 0 spiro atoms. The highest BCUT2D eigenvalue weighted by Crippen LogP contribution is 2.13. The molecule has 0 aliphatic carbocycles. The Morgan fingerprint density at radius 3 is 1.45 bits per heavy atom. The number of hydrogen-bond donors (Lipinski definition) is 4. The number of ether oxygens (including phenoxy) is 4. The lowest BCUT2D eigenvalue weighted by molar-refractivity contribution is -0.127. The Bertz CT molecular complexity index is 1360. The molecule has 0 aromatic heterocycles. The van der Waals surface area contributed by atoms with E-state index in [1.807, 2.05) is 30.3 Å². The van der Waals surface area contributed by atoms with Gasteiger partial charge in [0.2, 0.25) is 11.8 Å². The minimum atomic E-state index is -1.02. The van der Waals surface area contributed by atoms with Crippen molar-refractivity contribution in [3.05, 3.63) is 35.9 Å². The SMILES string of the molecule is CC(C)(C)OC(=O)NCCN(CCN(CCNC(=O)CNC(=O)C(Cc1ccccc1)NC(=O)OC(C)(C)C)C(=O)OC(C)(C)C)C(=O)OC(C)(C)C. The van der Waals surface area contributed by atoms with Gasteiger partial charge in [-0.2, -0.15) is 0 Å². The molecule has 0 bridgehead atoms. The molecule has 0 radical (unpaired) electrons. The fourth-order valence-electron chi connectivity index (χ4n) is 4.28. The topological polar surface area (TPSA) is 194 Å². The van der Waals surface area contributed by atoms with Crippen molar-refractivity contribution in [3.63, 3.8) is 0 Å². The second-order valence-corrected chi connectivity index (χ2v) is 16.3. The van der Waals surface area contributed by atoms with Crippen molar-refractivity contribution in [2.75, 3.05) is 45.8 Å². The van der Waals surface area contributed by atoms with Gasteiger partial charge >= 0.3 is 24.4 Å². The number of amides is 6. The van der Waals surface area contributed by atoms with Crippen LogP contribution in [-0.4, -0.2) is 120 Å². The molecule has 1 unspecified atom stereocenters. The van der Waals surface area contributed by atoms with Crippen LogP contribution in [0.2, 0.25) is 0 Å². The average molecular weight is 751 g/mol. The fourth-order valence-corrected chi connectivity index (χ4v) is 4.28. The van der Waals surface area contributed by atoms with Crippen LogP contribution in [0, 0.1) is 0 Å². The van der Waals surface area contributed by atoms with E-state index in [9.17, 15) is 28.8 Å². The van der Waals surface area contributed by atoms with Crippen LogP contribution in [0.3, 0.4) is 0 Å². The third-order valence-electron chi connectivity index (χ3n) is 6.41. The van der Waals surface area contributed by atoms with Gasteiger partial charge in [-0.1, -0.05) is 30.3 Å². The van der Waals surface area contributed by atoms with Crippen molar-refractivity contribution in [3.8, 4) is 0 Å². The van der Waals surface area contributed by atoms with Gasteiger partial charge in [0.1, 0.15) is 28.4 Å². The molecule has 0 aliphatic heterocycles. The Morgan fingerprint density at radius 1 is 0.566 bits per heavy atom. The Hall–Kier alpha value is -4.76. The molecule has 4 N–H and O–H groups in total. The number of alkyl carbamates (subject to hydrolysis) is 2. The summed E-state index contributed by atoms with van der Waals surface area (Å²) in [4.78, 5) is 79.5. The van der Waals surface area contributed by atoms with Gasteiger partial charge < -0.3 is 50.0 Å². The van der Waals surface area contributed by atoms with Crippen molar-refractivity contribution >= 4 is 36.2 Å². The maximum Gasteiger partial charge on any atom is 0.410 e. The molecule has 1 aromatic rings. The number of carbonyl (C=O) groups is 6. The lowest BCUT2D eigenvalue weighted by atomic mass is 10.1. The minimum absolute atomic E-state index is 0.00372. The first-order chi connectivity index (χ1) is 24.2. The van der Waals surface area contributed by atoms with E-state index in [0.29, 0.717) is 0 Å². The normalized spacial score (nSPS) is 12.4. The van der Waals surface area contributed by atoms with Crippen LogP contribution in [0.5, 0.6) is 0 Å². The van der Waals surface area contributed by atoms with E-state index in [1.54, 1.807) is 83.1 Å². The summed E-state index contributed by atoms with van der Waals surface area (Å²) in [6, 6.07) is 8.06. The first kappa shape index (κ1) is 46.3. The summed E-state index contributed by atoms with van der Waals surface area (Å²) in [6.45, 7) is 20.4. The van der Waals surface area contributed by atoms with Crippen molar-refractivity contribution in [2.45, 2.75) is 118 Å². The highest BCUT2D eigenvalue weighted by Gasteiger charge is 2.28. The number of benzene rings is 1. The standard InChI is InChI=1S/C37H62N6O10/c1-34(2,3)50-30(46)39-19-21-43(33(49)53-37(10,11)12)23-22-42(32(48)52-36(7,8)9)20-18-38-28(44)25-40-29(45)27(24-26-16-14-13-15-17-26)41-31(47)51-35(4,5)6/h13-17,27H,18-25H2,1-12H3,(H,38,44)(H,39,46)(H,40,45)(H,41,47). The lowest BCUT2D eigenvalue weighted by Crippen LogP contribution is -2.51. The molecular formula is C37H62N6O10. The molecule has 1 aromatic carbocycles. The molecule has 53 heavy (non-hydrogen) atoms. The van der Waals surface area contributed by atoms with Crippen LogP contribution in [0.1, 0.15) is 88.6 Å². The first-order valence-electron chi connectivity index (χ1n) is 17.7. The molecule has 0 fully saturated rings. The van der Waals surface area contributed by atoms with E-state index in [1.165, 1.54) is 9.80 Å². The second kappa shape index (κ2) is 20.5. The number of rotatable bonds is 15. The van der Waals surface area contributed by atoms with E-state index < -0.39 is 71.2 Å². The van der Waals surface area contributed by atoms with Crippen molar-refractivity contribution in [1.29, 1.82) is 0 Å². The van der Waals surface area contributed by atoms with Gasteiger partial charge in [-0.3, -0.25) is 9.59 Å². The minimum Gasteiger partial charge on any atom is -0.444 e. The smallest absolute Gasteiger partial charge is 0.410 e. The summed E-state index contributed by atoms with van der Waals surface area (Å²) in [5, 5.41) is 10.4. The monoisotopic (exact) mass is 750 g/mol. The molecule has 1 rings (SSSR count). The van der Waals surface area contributed by atoms with Gasteiger partial charge in [0.05, 0.1) is 6.54 Å². The number of carbonyl (C=O) groups excluding carboxylic acids is 6. The fraction of sp³-hybridized carbons (Fsp3) is 0.676. The maximum atomic E-state index is 13.2. The summed E-state index contributed by atoms with van der Waals surface area (Å²) < 4.78 is 21.7.